The van der Waals surface area contributed by atoms with Crippen molar-refractivity contribution >= 4 is 0 Å². The standard InChI is InChI=1S/C14H23NO2/c1-3-5-6-7-8-14(16)12-9-13(17-4-2)11-15-10-12/h9-11,14,16H,3-8H2,1-2H3. The van der Waals surface area contributed by atoms with Crippen LogP contribution in [0.25, 0.3) is 0 Å². The molecule has 17 heavy (non-hydrogen) atoms. The van der Waals surface area contributed by atoms with Gasteiger partial charge in [-0.1, -0.05) is 32.6 Å². The Morgan fingerprint density at radius 2 is 2.06 bits per heavy atom. The summed E-state index contributed by atoms with van der Waals surface area (Å²) in [7, 11) is 0. The Hall–Kier alpha value is -1.09. The molecule has 1 heterocycles. The predicted molar refractivity (Wildman–Crippen MR) is 69.1 cm³/mol. The smallest absolute Gasteiger partial charge is 0.137 e. The minimum atomic E-state index is -0.417. The van der Waals surface area contributed by atoms with E-state index in [1.807, 2.05) is 13.0 Å². The fourth-order valence-corrected chi connectivity index (χ4v) is 1.79. The number of pyridine rings is 1. The third-order valence-electron chi connectivity index (χ3n) is 2.76. The average molecular weight is 237 g/mol. The summed E-state index contributed by atoms with van der Waals surface area (Å²) >= 11 is 0. The van der Waals surface area contributed by atoms with E-state index in [9.17, 15) is 5.11 Å². The molecule has 1 atom stereocenters. The second-order valence-electron chi connectivity index (χ2n) is 4.25. The van der Waals surface area contributed by atoms with Gasteiger partial charge in [-0.2, -0.15) is 0 Å². The Kier molecular flexibility index (Phi) is 6.63. The normalized spacial score (nSPS) is 12.4. The van der Waals surface area contributed by atoms with Gasteiger partial charge in [-0.3, -0.25) is 4.98 Å². The Labute approximate surface area is 104 Å². The van der Waals surface area contributed by atoms with Gasteiger partial charge in [0.15, 0.2) is 0 Å². The van der Waals surface area contributed by atoms with Gasteiger partial charge in [-0.25, -0.2) is 0 Å². The molecule has 1 rings (SSSR count). The maximum atomic E-state index is 10.0. The summed E-state index contributed by atoms with van der Waals surface area (Å²) in [4.78, 5) is 4.08. The molecule has 1 unspecified atom stereocenters. The van der Waals surface area contributed by atoms with Crippen LogP contribution in [0, 0.1) is 0 Å². The molecule has 1 aromatic rings. The molecule has 0 spiro atoms. The lowest BCUT2D eigenvalue weighted by Crippen LogP contribution is -2.00. The van der Waals surface area contributed by atoms with Gasteiger partial charge in [-0.15, -0.1) is 0 Å². The van der Waals surface area contributed by atoms with Crippen molar-refractivity contribution < 1.29 is 9.84 Å². The fourth-order valence-electron chi connectivity index (χ4n) is 1.79. The molecule has 0 amide bonds. The van der Waals surface area contributed by atoms with Gasteiger partial charge in [-0.05, 0) is 19.4 Å². The van der Waals surface area contributed by atoms with Crippen molar-refractivity contribution in [2.75, 3.05) is 6.61 Å². The summed E-state index contributed by atoms with van der Waals surface area (Å²) in [6.45, 7) is 4.75. The number of aliphatic hydroxyl groups is 1. The zero-order valence-electron chi connectivity index (χ0n) is 10.9. The van der Waals surface area contributed by atoms with Crippen molar-refractivity contribution in [2.24, 2.45) is 0 Å². The lowest BCUT2D eigenvalue weighted by molar-refractivity contribution is 0.162. The first-order chi connectivity index (χ1) is 8.27. The van der Waals surface area contributed by atoms with Gasteiger partial charge in [0.25, 0.3) is 0 Å². The summed E-state index contributed by atoms with van der Waals surface area (Å²) in [6.07, 6.45) is 8.49. The second-order valence-corrected chi connectivity index (χ2v) is 4.25. The van der Waals surface area contributed by atoms with Crippen molar-refractivity contribution in [1.82, 2.24) is 4.98 Å². The quantitative estimate of drug-likeness (QED) is 0.704. The zero-order chi connectivity index (χ0) is 12.5. The highest BCUT2D eigenvalue weighted by Crippen LogP contribution is 2.22. The van der Waals surface area contributed by atoms with Crippen molar-refractivity contribution in [3.05, 3.63) is 24.0 Å². The molecule has 0 fully saturated rings. The van der Waals surface area contributed by atoms with Crippen LogP contribution in [-0.4, -0.2) is 16.7 Å². The highest BCUT2D eigenvalue weighted by Gasteiger charge is 2.08. The first kappa shape index (κ1) is 14.0. The molecular formula is C14H23NO2. The molecule has 0 saturated carbocycles. The first-order valence-corrected chi connectivity index (χ1v) is 6.53. The van der Waals surface area contributed by atoms with Crippen LogP contribution in [0.5, 0.6) is 5.75 Å². The number of aliphatic hydroxyl groups excluding tert-OH is 1. The van der Waals surface area contributed by atoms with Crippen LogP contribution in [0.1, 0.15) is 57.6 Å². The number of ether oxygens (including phenoxy) is 1. The van der Waals surface area contributed by atoms with E-state index in [4.69, 9.17) is 4.74 Å². The van der Waals surface area contributed by atoms with Crippen LogP contribution < -0.4 is 4.74 Å². The van der Waals surface area contributed by atoms with E-state index in [0.29, 0.717) is 6.61 Å². The highest BCUT2D eigenvalue weighted by atomic mass is 16.5. The zero-order valence-corrected chi connectivity index (χ0v) is 10.9. The summed E-state index contributed by atoms with van der Waals surface area (Å²) in [5.74, 6) is 0.734. The minimum Gasteiger partial charge on any atom is -0.492 e. The molecule has 1 N–H and O–H groups in total. The predicted octanol–water partition coefficient (Wildman–Crippen LogP) is 3.48. The number of hydrogen-bond donors (Lipinski definition) is 1. The van der Waals surface area contributed by atoms with Gasteiger partial charge in [0.05, 0.1) is 18.9 Å². The molecule has 0 bridgehead atoms. The van der Waals surface area contributed by atoms with E-state index >= 15 is 0 Å². The number of nitrogens with zero attached hydrogens (tertiary/aromatic N) is 1. The van der Waals surface area contributed by atoms with Crippen LogP contribution in [0.2, 0.25) is 0 Å². The van der Waals surface area contributed by atoms with E-state index in [1.165, 1.54) is 19.3 Å². The topological polar surface area (TPSA) is 42.4 Å². The van der Waals surface area contributed by atoms with Crippen LogP contribution >= 0.6 is 0 Å². The minimum absolute atomic E-state index is 0.417. The van der Waals surface area contributed by atoms with Gasteiger partial charge < -0.3 is 9.84 Å². The molecule has 3 heteroatoms. The first-order valence-electron chi connectivity index (χ1n) is 6.53. The van der Waals surface area contributed by atoms with Crippen molar-refractivity contribution in [1.29, 1.82) is 0 Å². The van der Waals surface area contributed by atoms with Crippen molar-refractivity contribution in [3.8, 4) is 5.75 Å². The molecule has 3 nitrogen and oxygen atoms in total. The van der Waals surface area contributed by atoms with E-state index in [-0.39, 0.29) is 0 Å². The van der Waals surface area contributed by atoms with Crippen molar-refractivity contribution in [3.63, 3.8) is 0 Å². The lowest BCUT2D eigenvalue weighted by atomic mass is 10.0. The van der Waals surface area contributed by atoms with Crippen LogP contribution in [-0.2, 0) is 0 Å². The Morgan fingerprint density at radius 1 is 1.24 bits per heavy atom. The average Bonchev–Trinajstić information content (AvgIpc) is 2.35. The number of hydrogen-bond acceptors (Lipinski definition) is 3. The highest BCUT2D eigenvalue weighted by molar-refractivity contribution is 5.25. The summed E-state index contributed by atoms with van der Waals surface area (Å²) < 4.78 is 5.37. The molecule has 0 saturated heterocycles. The molecule has 0 aliphatic heterocycles. The molecule has 0 aliphatic rings. The molecule has 96 valence electrons. The third kappa shape index (κ3) is 5.18. The second kappa shape index (κ2) is 8.07. The van der Waals surface area contributed by atoms with Crippen LogP contribution in [0.3, 0.4) is 0 Å². The maximum absolute atomic E-state index is 10.0. The van der Waals surface area contributed by atoms with Gasteiger partial charge >= 0.3 is 0 Å². The molecule has 0 radical (unpaired) electrons. The fraction of sp³-hybridized carbons (Fsp3) is 0.643. The van der Waals surface area contributed by atoms with Gasteiger partial charge in [0.1, 0.15) is 5.75 Å². The van der Waals surface area contributed by atoms with E-state index in [2.05, 4.69) is 11.9 Å². The Balaban J connectivity index is 2.44. The van der Waals surface area contributed by atoms with E-state index in [1.54, 1.807) is 12.4 Å². The van der Waals surface area contributed by atoms with E-state index in [0.717, 1.165) is 24.2 Å². The monoisotopic (exact) mass is 237 g/mol. The summed E-state index contributed by atoms with van der Waals surface area (Å²) in [6, 6.07) is 1.88. The Morgan fingerprint density at radius 3 is 2.76 bits per heavy atom. The number of unbranched alkanes of at least 4 members (excludes halogenated alkanes) is 3. The molecule has 0 aromatic carbocycles. The molecule has 1 aromatic heterocycles. The maximum Gasteiger partial charge on any atom is 0.137 e. The van der Waals surface area contributed by atoms with E-state index < -0.39 is 6.10 Å². The number of aromatic nitrogens is 1. The van der Waals surface area contributed by atoms with Crippen molar-refractivity contribution in [2.45, 2.75) is 52.1 Å². The van der Waals surface area contributed by atoms with Crippen LogP contribution in [0.15, 0.2) is 18.5 Å². The number of rotatable bonds is 8. The van der Waals surface area contributed by atoms with Crippen LogP contribution in [0.4, 0.5) is 0 Å². The summed E-state index contributed by atoms with van der Waals surface area (Å²) in [5, 5.41) is 10.0. The van der Waals surface area contributed by atoms with Gasteiger partial charge in [0.2, 0.25) is 0 Å². The molecule has 0 aliphatic carbocycles. The summed E-state index contributed by atoms with van der Waals surface area (Å²) in [5.41, 5.74) is 0.854. The largest absolute Gasteiger partial charge is 0.492 e. The molecular weight excluding hydrogens is 214 g/mol. The van der Waals surface area contributed by atoms with Gasteiger partial charge in [0, 0.05) is 11.8 Å². The third-order valence-corrected chi connectivity index (χ3v) is 2.76. The SMILES string of the molecule is CCCCCCC(O)c1cncc(OCC)c1. The lowest BCUT2D eigenvalue weighted by Gasteiger charge is -2.11. The Bertz CT molecular complexity index is 315.